The van der Waals surface area contributed by atoms with Crippen LogP contribution >= 0.6 is 0 Å². The van der Waals surface area contributed by atoms with Crippen molar-refractivity contribution in [2.45, 2.75) is 25.6 Å². The number of alkyl halides is 3. The van der Waals surface area contributed by atoms with Gasteiger partial charge in [-0.15, -0.1) is 0 Å². The predicted octanol–water partition coefficient (Wildman–Crippen LogP) is 2.76. The number of carbonyl (C=O) groups excluding carboxylic acids is 1. The van der Waals surface area contributed by atoms with Crippen LogP contribution in [0.15, 0.2) is 24.3 Å². The molecule has 0 bridgehead atoms. The third kappa shape index (κ3) is 3.93. The zero-order valence-corrected chi connectivity index (χ0v) is 11.1. The average Bonchev–Trinajstić information content (AvgIpc) is 2.36. The van der Waals surface area contributed by atoms with Crippen molar-refractivity contribution >= 4 is 5.97 Å². The molecule has 0 heterocycles. The standard InChI is InChI=1S/C13H15F4NO2/c1-3-20-11(19)12(2,18-8-13(15,16)17)9-6-4-5-7-10(9)14/h4-7,18H,3,8H2,1-2H3. The van der Waals surface area contributed by atoms with E-state index in [9.17, 15) is 22.4 Å². The fourth-order valence-corrected chi connectivity index (χ4v) is 1.70. The zero-order valence-electron chi connectivity index (χ0n) is 11.1. The molecule has 112 valence electrons. The van der Waals surface area contributed by atoms with Crippen molar-refractivity contribution in [2.75, 3.05) is 13.2 Å². The molecule has 0 aliphatic heterocycles. The quantitative estimate of drug-likeness (QED) is 0.670. The highest BCUT2D eigenvalue weighted by molar-refractivity contribution is 5.82. The van der Waals surface area contributed by atoms with Gasteiger partial charge in [-0.05, 0) is 19.9 Å². The second kappa shape index (κ2) is 6.21. The minimum Gasteiger partial charge on any atom is -0.464 e. The number of hydrogen-bond acceptors (Lipinski definition) is 3. The number of nitrogens with one attached hydrogen (secondary N) is 1. The van der Waals surface area contributed by atoms with Gasteiger partial charge in [-0.2, -0.15) is 13.2 Å². The second-order valence-electron chi connectivity index (χ2n) is 4.29. The van der Waals surface area contributed by atoms with E-state index in [2.05, 4.69) is 0 Å². The molecule has 0 aliphatic rings. The molecule has 0 radical (unpaired) electrons. The van der Waals surface area contributed by atoms with E-state index in [-0.39, 0.29) is 12.2 Å². The van der Waals surface area contributed by atoms with E-state index < -0.39 is 30.0 Å². The number of halogens is 4. The first kappa shape index (κ1) is 16.4. The van der Waals surface area contributed by atoms with Crippen molar-refractivity contribution < 1.29 is 27.1 Å². The Kier molecular flexibility index (Phi) is 5.10. The summed E-state index contributed by atoms with van der Waals surface area (Å²) in [5.74, 6) is -1.74. The Balaban J connectivity index is 3.14. The molecule has 1 aromatic rings. The van der Waals surface area contributed by atoms with Gasteiger partial charge in [0.25, 0.3) is 0 Å². The van der Waals surface area contributed by atoms with Crippen molar-refractivity contribution in [3.8, 4) is 0 Å². The van der Waals surface area contributed by atoms with Crippen molar-refractivity contribution in [3.05, 3.63) is 35.6 Å². The molecule has 0 spiro atoms. The molecule has 0 saturated heterocycles. The lowest BCUT2D eigenvalue weighted by atomic mass is 9.91. The van der Waals surface area contributed by atoms with Crippen molar-refractivity contribution in [1.29, 1.82) is 0 Å². The third-order valence-electron chi connectivity index (χ3n) is 2.74. The van der Waals surface area contributed by atoms with E-state index in [4.69, 9.17) is 4.74 Å². The maximum absolute atomic E-state index is 13.8. The van der Waals surface area contributed by atoms with Gasteiger partial charge in [0.15, 0.2) is 0 Å². The minimum absolute atomic E-state index is 0.0173. The number of esters is 1. The first-order valence-corrected chi connectivity index (χ1v) is 5.94. The van der Waals surface area contributed by atoms with Crippen LogP contribution in [0.5, 0.6) is 0 Å². The molecule has 1 atom stereocenters. The Morgan fingerprint density at radius 3 is 2.40 bits per heavy atom. The summed E-state index contributed by atoms with van der Waals surface area (Å²) < 4.78 is 55.6. The molecule has 7 heteroatoms. The molecule has 0 saturated carbocycles. The average molecular weight is 293 g/mol. The van der Waals surface area contributed by atoms with Gasteiger partial charge in [0.1, 0.15) is 11.4 Å². The van der Waals surface area contributed by atoms with E-state index in [1.54, 1.807) is 0 Å². The molecule has 20 heavy (non-hydrogen) atoms. The molecule has 1 N–H and O–H groups in total. The molecular formula is C13H15F4NO2. The Morgan fingerprint density at radius 2 is 1.90 bits per heavy atom. The number of benzene rings is 1. The van der Waals surface area contributed by atoms with Gasteiger partial charge in [-0.1, -0.05) is 18.2 Å². The van der Waals surface area contributed by atoms with Crippen LogP contribution in [0.1, 0.15) is 19.4 Å². The maximum atomic E-state index is 13.8. The summed E-state index contributed by atoms with van der Waals surface area (Å²) in [5, 5.41) is 2.04. The van der Waals surface area contributed by atoms with Crippen molar-refractivity contribution in [3.63, 3.8) is 0 Å². The summed E-state index contributed by atoms with van der Waals surface area (Å²) in [4.78, 5) is 11.9. The lowest BCUT2D eigenvalue weighted by molar-refractivity contribution is -0.155. The van der Waals surface area contributed by atoms with Crippen LogP contribution in [-0.2, 0) is 15.1 Å². The zero-order chi connectivity index (χ0) is 15.4. The lowest BCUT2D eigenvalue weighted by Crippen LogP contribution is -2.51. The van der Waals surface area contributed by atoms with Crippen LogP contribution in [0, 0.1) is 5.82 Å². The fraction of sp³-hybridized carbons (Fsp3) is 0.462. The molecule has 0 fully saturated rings. The largest absolute Gasteiger partial charge is 0.464 e. The topological polar surface area (TPSA) is 38.3 Å². The molecular weight excluding hydrogens is 278 g/mol. The highest BCUT2D eigenvalue weighted by atomic mass is 19.4. The fourth-order valence-electron chi connectivity index (χ4n) is 1.70. The van der Waals surface area contributed by atoms with E-state index in [1.807, 2.05) is 5.32 Å². The highest BCUT2D eigenvalue weighted by Crippen LogP contribution is 2.26. The number of carbonyl (C=O) groups is 1. The van der Waals surface area contributed by atoms with Crippen LogP contribution in [0.3, 0.4) is 0 Å². The van der Waals surface area contributed by atoms with E-state index in [0.29, 0.717) is 0 Å². The van der Waals surface area contributed by atoms with Gasteiger partial charge in [0.2, 0.25) is 0 Å². The Morgan fingerprint density at radius 1 is 1.30 bits per heavy atom. The smallest absolute Gasteiger partial charge is 0.401 e. The molecule has 0 amide bonds. The number of ether oxygens (including phenoxy) is 1. The van der Waals surface area contributed by atoms with Gasteiger partial charge in [-0.3, -0.25) is 5.32 Å². The molecule has 0 aromatic heterocycles. The summed E-state index contributed by atoms with van der Waals surface area (Å²) in [5.41, 5.74) is -2.10. The van der Waals surface area contributed by atoms with Crippen LogP contribution in [0.25, 0.3) is 0 Å². The first-order valence-electron chi connectivity index (χ1n) is 5.94. The normalized spacial score (nSPS) is 14.7. The Bertz CT molecular complexity index is 476. The Labute approximate surface area is 113 Å². The van der Waals surface area contributed by atoms with Crippen LogP contribution < -0.4 is 5.32 Å². The Hall–Kier alpha value is -1.63. The van der Waals surface area contributed by atoms with E-state index in [1.165, 1.54) is 25.1 Å². The summed E-state index contributed by atoms with van der Waals surface area (Å²) >= 11 is 0. The minimum atomic E-state index is -4.53. The molecule has 3 nitrogen and oxygen atoms in total. The van der Waals surface area contributed by atoms with Crippen LogP contribution in [0.2, 0.25) is 0 Å². The van der Waals surface area contributed by atoms with Gasteiger partial charge < -0.3 is 4.74 Å². The highest BCUT2D eigenvalue weighted by Gasteiger charge is 2.41. The molecule has 1 unspecified atom stereocenters. The van der Waals surface area contributed by atoms with Crippen molar-refractivity contribution in [1.82, 2.24) is 5.32 Å². The van der Waals surface area contributed by atoms with E-state index >= 15 is 0 Å². The SMILES string of the molecule is CCOC(=O)C(C)(NCC(F)(F)F)c1ccccc1F. The second-order valence-corrected chi connectivity index (χ2v) is 4.29. The summed E-state index contributed by atoms with van der Waals surface area (Å²) in [6, 6.07) is 5.14. The van der Waals surface area contributed by atoms with Crippen LogP contribution in [-0.4, -0.2) is 25.3 Å². The summed E-state index contributed by atoms with van der Waals surface area (Å²) in [6.07, 6.45) is -4.53. The number of hydrogen-bond donors (Lipinski definition) is 1. The van der Waals surface area contributed by atoms with Gasteiger partial charge in [-0.25, -0.2) is 9.18 Å². The molecule has 0 aliphatic carbocycles. The third-order valence-corrected chi connectivity index (χ3v) is 2.74. The summed E-state index contributed by atoms with van der Waals surface area (Å²) in [7, 11) is 0. The van der Waals surface area contributed by atoms with Gasteiger partial charge in [0, 0.05) is 5.56 Å². The van der Waals surface area contributed by atoms with E-state index in [0.717, 1.165) is 13.0 Å². The van der Waals surface area contributed by atoms with Crippen LogP contribution in [0.4, 0.5) is 17.6 Å². The summed E-state index contributed by atoms with van der Waals surface area (Å²) in [6.45, 7) is 1.23. The molecule has 1 rings (SSSR count). The lowest BCUT2D eigenvalue weighted by Gasteiger charge is -2.29. The van der Waals surface area contributed by atoms with Gasteiger partial charge in [0.05, 0.1) is 13.2 Å². The first-order chi connectivity index (χ1) is 9.20. The molecule has 1 aromatic carbocycles. The van der Waals surface area contributed by atoms with Gasteiger partial charge >= 0.3 is 12.1 Å². The van der Waals surface area contributed by atoms with Crippen molar-refractivity contribution in [2.24, 2.45) is 0 Å². The predicted molar refractivity (Wildman–Crippen MR) is 64.4 cm³/mol. The maximum Gasteiger partial charge on any atom is 0.401 e. The monoisotopic (exact) mass is 293 g/mol. The number of rotatable bonds is 5.